The van der Waals surface area contributed by atoms with Gasteiger partial charge in [-0.15, -0.1) is 0 Å². The summed E-state index contributed by atoms with van der Waals surface area (Å²) in [5.74, 6) is 0.360. The Morgan fingerprint density at radius 3 is 1.83 bits per heavy atom. The molecule has 0 spiro atoms. The lowest BCUT2D eigenvalue weighted by Gasteiger charge is -2.21. The SMILES string of the molecule is C1=CC(C2=CCCC(c3cccc(-c4cccc(-c5ccccc5)c4)c3)=C2)=CC(c2ccc(-c3cccc(-c4ccccn4)c3)cc2)C1. The van der Waals surface area contributed by atoms with E-state index >= 15 is 0 Å². The maximum Gasteiger partial charge on any atom is 0.0702 e. The second kappa shape index (κ2) is 13.5. The first-order valence-corrected chi connectivity index (χ1v) is 16.9. The zero-order chi connectivity index (χ0) is 32.1. The molecule has 0 fully saturated rings. The smallest absolute Gasteiger partial charge is 0.0702 e. The van der Waals surface area contributed by atoms with Gasteiger partial charge in [-0.2, -0.15) is 0 Å². The number of hydrogen-bond donors (Lipinski definition) is 0. The topological polar surface area (TPSA) is 12.9 Å². The quantitative estimate of drug-likeness (QED) is 0.174. The van der Waals surface area contributed by atoms with Crippen molar-refractivity contribution in [3.05, 3.63) is 204 Å². The summed E-state index contributed by atoms with van der Waals surface area (Å²) in [6.45, 7) is 0. The molecule has 0 bridgehead atoms. The zero-order valence-corrected chi connectivity index (χ0v) is 27.0. The predicted octanol–water partition coefficient (Wildman–Crippen LogP) is 12.5. The molecule has 0 aliphatic heterocycles. The molecule has 1 unspecified atom stereocenters. The van der Waals surface area contributed by atoms with E-state index < -0.39 is 0 Å². The van der Waals surface area contributed by atoms with Gasteiger partial charge in [0.15, 0.2) is 0 Å². The van der Waals surface area contributed by atoms with Gasteiger partial charge in [-0.05, 0) is 111 Å². The Hall–Kier alpha value is -5.79. The van der Waals surface area contributed by atoms with Gasteiger partial charge in [-0.25, -0.2) is 0 Å². The molecule has 1 nitrogen and oxygen atoms in total. The number of benzene rings is 5. The Kier molecular flexibility index (Phi) is 8.34. The molecule has 1 heterocycles. The van der Waals surface area contributed by atoms with Crippen LogP contribution in [0.5, 0.6) is 0 Å². The molecule has 48 heavy (non-hydrogen) atoms. The minimum absolute atomic E-state index is 0.360. The molecule has 2 aliphatic rings. The highest BCUT2D eigenvalue weighted by Crippen LogP contribution is 2.37. The number of aromatic nitrogens is 1. The third kappa shape index (κ3) is 6.41. The molecule has 0 N–H and O–H groups in total. The van der Waals surface area contributed by atoms with Gasteiger partial charge in [-0.3, -0.25) is 4.98 Å². The average Bonchev–Trinajstić information content (AvgIpc) is 3.19. The maximum atomic E-state index is 4.53. The predicted molar refractivity (Wildman–Crippen MR) is 202 cm³/mol. The van der Waals surface area contributed by atoms with Crippen molar-refractivity contribution >= 4 is 5.57 Å². The Morgan fingerprint density at radius 2 is 1.10 bits per heavy atom. The number of rotatable bonds is 7. The third-order valence-electron chi connectivity index (χ3n) is 9.54. The van der Waals surface area contributed by atoms with Crippen LogP contribution in [-0.2, 0) is 0 Å². The first-order valence-electron chi connectivity index (χ1n) is 16.9. The third-order valence-corrected chi connectivity index (χ3v) is 9.54. The summed E-state index contributed by atoms with van der Waals surface area (Å²) in [4.78, 5) is 4.53. The molecule has 0 radical (unpaired) electrons. The van der Waals surface area contributed by atoms with E-state index in [1.807, 2.05) is 18.3 Å². The summed E-state index contributed by atoms with van der Waals surface area (Å²) < 4.78 is 0. The summed E-state index contributed by atoms with van der Waals surface area (Å²) in [7, 11) is 0. The maximum absolute atomic E-state index is 4.53. The zero-order valence-electron chi connectivity index (χ0n) is 27.0. The van der Waals surface area contributed by atoms with Crippen LogP contribution in [0.1, 0.15) is 36.3 Å². The van der Waals surface area contributed by atoms with E-state index in [0.717, 1.165) is 30.5 Å². The number of hydrogen-bond acceptors (Lipinski definition) is 1. The highest BCUT2D eigenvalue weighted by molar-refractivity contribution is 5.79. The van der Waals surface area contributed by atoms with Crippen LogP contribution in [0.25, 0.3) is 50.2 Å². The normalized spacial score (nSPS) is 15.8. The van der Waals surface area contributed by atoms with Crippen molar-refractivity contribution in [3.8, 4) is 44.6 Å². The molecule has 1 heteroatoms. The second-order valence-corrected chi connectivity index (χ2v) is 12.7. The summed E-state index contributed by atoms with van der Waals surface area (Å²) in [6, 6.07) is 52.4. The van der Waals surface area contributed by atoms with Crippen LogP contribution >= 0.6 is 0 Å². The molecule has 1 aromatic heterocycles. The van der Waals surface area contributed by atoms with Crippen molar-refractivity contribution in [1.82, 2.24) is 4.98 Å². The van der Waals surface area contributed by atoms with Gasteiger partial charge in [0.25, 0.3) is 0 Å². The highest BCUT2D eigenvalue weighted by Gasteiger charge is 2.17. The molecular formula is C47H37N. The van der Waals surface area contributed by atoms with Crippen molar-refractivity contribution < 1.29 is 0 Å². The van der Waals surface area contributed by atoms with Crippen LogP contribution < -0.4 is 0 Å². The second-order valence-electron chi connectivity index (χ2n) is 12.7. The molecule has 0 saturated carbocycles. The Balaban J connectivity index is 1.01. The molecule has 230 valence electrons. The van der Waals surface area contributed by atoms with E-state index in [-0.39, 0.29) is 0 Å². The lowest BCUT2D eigenvalue weighted by molar-refractivity contribution is 0.845. The highest BCUT2D eigenvalue weighted by atomic mass is 14.7. The van der Waals surface area contributed by atoms with Crippen molar-refractivity contribution in [2.45, 2.75) is 25.2 Å². The molecule has 0 amide bonds. The Bertz CT molecular complexity index is 2180. The minimum atomic E-state index is 0.360. The number of nitrogens with zero attached hydrogens (tertiary/aromatic N) is 1. The van der Waals surface area contributed by atoms with E-state index in [2.05, 4.69) is 169 Å². The van der Waals surface area contributed by atoms with Crippen molar-refractivity contribution in [2.24, 2.45) is 0 Å². The molecule has 2 aliphatic carbocycles. The van der Waals surface area contributed by atoms with Gasteiger partial charge in [-0.1, -0.05) is 146 Å². The van der Waals surface area contributed by atoms with Crippen LogP contribution in [0.15, 0.2) is 193 Å². The summed E-state index contributed by atoms with van der Waals surface area (Å²) >= 11 is 0. The van der Waals surface area contributed by atoms with Crippen molar-refractivity contribution in [1.29, 1.82) is 0 Å². The molecule has 0 saturated heterocycles. The first-order chi connectivity index (χ1) is 23.8. The van der Waals surface area contributed by atoms with Crippen LogP contribution in [0, 0.1) is 0 Å². The van der Waals surface area contributed by atoms with E-state index in [1.165, 1.54) is 61.2 Å². The van der Waals surface area contributed by atoms with Gasteiger partial charge in [0, 0.05) is 17.7 Å². The largest absolute Gasteiger partial charge is 0.256 e. The minimum Gasteiger partial charge on any atom is -0.256 e. The van der Waals surface area contributed by atoms with Crippen molar-refractivity contribution in [3.63, 3.8) is 0 Å². The summed E-state index contributed by atoms with van der Waals surface area (Å²) in [6.07, 6.45) is 16.9. The van der Waals surface area contributed by atoms with Gasteiger partial charge in [0.1, 0.15) is 0 Å². The fourth-order valence-electron chi connectivity index (χ4n) is 6.96. The monoisotopic (exact) mass is 615 g/mol. The summed E-state index contributed by atoms with van der Waals surface area (Å²) in [5, 5.41) is 0. The van der Waals surface area contributed by atoms with Crippen LogP contribution in [0.2, 0.25) is 0 Å². The van der Waals surface area contributed by atoms with Gasteiger partial charge < -0.3 is 0 Å². The molecule has 8 rings (SSSR count). The van der Waals surface area contributed by atoms with Gasteiger partial charge in [0.2, 0.25) is 0 Å². The molecule has 5 aromatic carbocycles. The van der Waals surface area contributed by atoms with Crippen LogP contribution in [-0.4, -0.2) is 4.98 Å². The van der Waals surface area contributed by atoms with Crippen molar-refractivity contribution in [2.75, 3.05) is 0 Å². The fraction of sp³-hybridized carbons (Fsp3) is 0.0851. The first kappa shape index (κ1) is 29.6. The van der Waals surface area contributed by atoms with Crippen LogP contribution in [0.3, 0.4) is 0 Å². The lowest BCUT2D eigenvalue weighted by atomic mass is 9.84. The molecule has 6 aromatic rings. The molecule has 1 atom stereocenters. The van der Waals surface area contributed by atoms with Crippen LogP contribution in [0.4, 0.5) is 0 Å². The van der Waals surface area contributed by atoms with Gasteiger partial charge >= 0.3 is 0 Å². The standard InChI is InChI=1S/C47H37N/c1-2-11-34(12-3-1)37-13-6-16-40(29-37)42-18-8-20-44(31-42)45-21-9-19-43(32-45)41-17-7-14-38(30-41)35-24-26-36(27-25-35)39-15-10-22-46(33-39)47-23-4-5-28-48-47/h1-8,10-13,15-20,22-33,38H,9,14,21H2. The van der Waals surface area contributed by atoms with E-state index in [9.17, 15) is 0 Å². The summed E-state index contributed by atoms with van der Waals surface area (Å²) in [5.41, 5.74) is 16.3. The number of allylic oxidation sites excluding steroid dienone is 8. The van der Waals surface area contributed by atoms with E-state index in [4.69, 9.17) is 0 Å². The average molecular weight is 616 g/mol. The Labute approximate surface area is 284 Å². The van der Waals surface area contributed by atoms with Gasteiger partial charge in [0.05, 0.1) is 5.69 Å². The molecular weight excluding hydrogens is 579 g/mol. The Morgan fingerprint density at radius 1 is 0.500 bits per heavy atom. The van der Waals surface area contributed by atoms with E-state index in [0.29, 0.717) is 5.92 Å². The lowest BCUT2D eigenvalue weighted by Crippen LogP contribution is -2.02. The van der Waals surface area contributed by atoms with E-state index in [1.54, 1.807) is 0 Å². The fourth-order valence-corrected chi connectivity index (χ4v) is 6.96. The number of pyridine rings is 1.